The van der Waals surface area contributed by atoms with Gasteiger partial charge in [-0.25, -0.2) is 0 Å². The number of rotatable bonds is 6. The third-order valence-electron chi connectivity index (χ3n) is 10.9. The molecule has 0 heterocycles. The predicted molar refractivity (Wildman–Crippen MR) is 134 cm³/mol. The first-order valence-corrected chi connectivity index (χ1v) is 13.5. The molecule has 0 aliphatic heterocycles. The smallest absolute Gasteiger partial charge is 0.312 e. The summed E-state index contributed by atoms with van der Waals surface area (Å²) in [5.74, 6) is 2.14. The van der Waals surface area contributed by atoms with Crippen molar-refractivity contribution in [1.82, 2.24) is 0 Å². The number of Topliss-reactive ketones (excluding diaryl/α,β-unsaturated/α-hetero) is 2. The minimum absolute atomic E-state index is 0.0178. The van der Waals surface area contributed by atoms with Crippen molar-refractivity contribution in [3.63, 3.8) is 0 Å². The fraction of sp³-hybridized carbons (Fsp3) is 0.767. The lowest BCUT2D eigenvalue weighted by Crippen LogP contribution is -2.50. The molecule has 188 valence electrons. The zero-order chi connectivity index (χ0) is 25.0. The van der Waals surface area contributed by atoms with Crippen LogP contribution in [0.3, 0.4) is 0 Å². The van der Waals surface area contributed by atoms with Crippen LogP contribution in [0.25, 0.3) is 0 Å². The lowest BCUT2D eigenvalue weighted by molar-refractivity contribution is -0.143. The third-order valence-corrected chi connectivity index (χ3v) is 10.9. The van der Waals surface area contributed by atoms with Gasteiger partial charge in [0.1, 0.15) is 5.78 Å². The van der Waals surface area contributed by atoms with Crippen LogP contribution >= 0.6 is 0 Å². The second-order valence-electron chi connectivity index (χ2n) is 12.5. The fourth-order valence-electron chi connectivity index (χ4n) is 8.73. The lowest BCUT2D eigenvalue weighted by atomic mass is 9.48. The second kappa shape index (κ2) is 9.06. The van der Waals surface area contributed by atoms with Crippen LogP contribution in [0.1, 0.15) is 92.4 Å². The lowest BCUT2D eigenvalue weighted by Gasteiger charge is -2.54. The Labute approximate surface area is 206 Å². The van der Waals surface area contributed by atoms with Crippen molar-refractivity contribution in [2.24, 2.45) is 46.3 Å². The Bertz CT molecular complexity index is 928. The molecule has 4 aliphatic carbocycles. The van der Waals surface area contributed by atoms with Crippen LogP contribution in [-0.4, -0.2) is 24.6 Å². The van der Waals surface area contributed by atoms with E-state index in [-0.39, 0.29) is 28.6 Å². The van der Waals surface area contributed by atoms with Crippen molar-refractivity contribution in [3.05, 3.63) is 23.3 Å². The number of methoxy groups -OCH3 is 1. The maximum Gasteiger partial charge on any atom is 0.312 e. The van der Waals surface area contributed by atoms with Crippen LogP contribution in [0.4, 0.5) is 0 Å². The van der Waals surface area contributed by atoms with Crippen molar-refractivity contribution in [2.45, 2.75) is 92.4 Å². The van der Waals surface area contributed by atoms with E-state index >= 15 is 0 Å². The van der Waals surface area contributed by atoms with E-state index in [1.165, 1.54) is 25.5 Å². The fourth-order valence-corrected chi connectivity index (χ4v) is 8.73. The van der Waals surface area contributed by atoms with Crippen LogP contribution in [0.5, 0.6) is 0 Å². The van der Waals surface area contributed by atoms with Crippen LogP contribution in [0.2, 0.25) is 0 Å². The van der Waals surface area contributed by atoms with Crippen LogP contribution in [0.15, 0.2) is 23.3 Å². The number of hydrogen-bond acceptors (Lipinski definition) is 4. The number of ether oxygens (including phenoxy) is 1. The maximum atomic E-state index is 13.8. The van der Waals surface area contributed by atoms with Crippen molar-refractivity contribution in [3.8, 4) is 0 Å². The number of carbonyl (C=O) groups is 3. The minimum Gasteiger partial charge on any atom is -0.469 e. The van der Waals surface area contributed by atoms with Crippen LogP contribution < -0.4 is 0 Å². The summed E-state index contributed by atoms with van der Waals surface area (Å²) in [5, 5.41) is 0. The second-order valence-corrected chi connectivity index (χ2v) is 12.5. The molecule has 0 amide bonds. The van der Waals surface area contributed by atoms with E-state index in [0.29, 0.717) is 48.1 Å². The molecule has 0 aromatic carbocycles. The Balaban J connectivity index is 1.54. The molecule has 0 aromatic rings. The van der Waals surface area contributed by atoms with Gasteiger partial charge in [0.15, 0.2) is 5.78 Å². The summed E-state index contributed by atoms with van der Waals surface area (Å²) in [6.45, 7) is 15.1. The van der Waals surface area contributed by atoms with Crippen molar-refractivity contribution < 1.29 is 19.1 Å². The average molecular weight is 469 g/mol. The maximum absolute atomic E-state index is 13.8. The average Bonchev–Trinajstić information content (AvgIpc) is 3.15. The van der Waals surface area contributed by atoms with E-state index in [4.69, 9.17) is 4.74 Å². The van der Waals surface area contributed by atoms with E-state index in [0.717, 1.165) is 43.3 Å². The number of hydrogen-bond donors (Lipinski definition) is 0. The Kier molecular flexibility index (Phi) is 6.76. The van der Waals surface area contributed by atoms with E-state index in [9.17, 15) is 14.4 Å². The van der Waals surface area contributed by atoms with Crippen molar-refractivity contribution in [1.29, 1.82) is 0 Å². The summed E-state index contributed by atoms with van der Waals surface area (Å²) in [5.41, 5.74) is 3.43. The van der Waals surface area contributed by atoms with Gasteiger partial charge in [-0.3, -0.25) is 14.4 Å². The first kappa shape index (κ1) is 25.4. The van der Waals surface area contributed by atoms with Crippen molar-refractivity contribution >= 4 is 17.5 Å². The van der Waals surface area contributed by atoms with Gasteiger partial charge in [0.25, 0.3) is 0 Å². The van der Waals surface area contributed by atoms with Gasteiger partial charge in [-0.15, -0.1) is 0 Å². The summed E-state index contributed by atoms with van der Waals surface area (Å²) < 4.78 is 4.89. The van der Waals surface area contributed by atoms with Crippen LogP contribution in [-0.2, 0) is 19.1 Å². The summed E-state index contributed by atoms with van der Waals surface area (Å²) >= 11 is 0. The van der Waals surface area contributed by atoms with Gasteiger partial charge in [-0.2, -0.15) is 0 Å². The molecule has 8 atom stereocenters. The molecular weight excluding hydrogens is 424 g/mol. The highest BCUT2D eigenvalue weighted by atomic mass is 16.5. The quantitative estimate of drug-likeness (QED) is 0.330. The van der Waals surface area contributed by atoms with E-state index in [2.05, 4.69) is 34.3 Å². The molecular formula is C30H44O4. The van der Waals surface area contributed by atoms with Gasteiger partial charge in [-0.05, 0) is 86.4 Å². The van der Waals surface area contributed by atoms with Crippen molar-refractivity contribution in [2.75, 3.05) is 7.11 Å². The zero-order valence-corrected chi connectivity index (χ0v) is 22.2. The Morgan fingerprint density at radius 3 is 2.53 bits per heavy atom. The Morgan fingerprint density at radius 2 is 1.85 bits per heavy atom. The molecule has 2 saturated carbocycles. The molecule has 0 radical (unpaired) electrons. The highest BCUT2D eigenvalue weighted by Crippen LogP contribution is 2.65. The Hall–Kier alpha value is -1.71. The SMILES string of the molecule is C=C(CC[C@@H](C)[C@H]1CC[C@H]2C3=C(C(=O)C[C@]12C)[C@@]1(C)CCC(=O)[C@@H](C)[C@@H]1CC3)C(C)C(=O)OC. The molecule has 4 heteroatoms. The topological polar surface area (TPSA) is 60.4 Å². The summed E-state index contributed by atoms with van der Waals surface area (Å²) in [6.07, 6.45) is 8.31. The molecule has 2 fully saturated rings. The van der Waals surface area contributed by atoms with Gasteiger partial charge < -0.3 is 4.74 Å². The van der Waals surface area contributed by atoms with Gasteiger partial charge in [0, 0.05) is 24.3 Å². The molecule has 0 aromatic heterocycles. The number of allylic oxidation sites excluding steroid dienone is 2. The molecule has 4 aliphatic rings. The molecule has 34 heavy (non-hydrogen) atoms. The summed E-state index contributed by atoms with van der Waals surface area (Å²) in [7, 11) is 1.43. The molecule has 4 rings (SSSR count). The molecule has 0 N–H and O–H groups in total. The highest BCUT2D eigenvalue weighted by Gasteiger charge is 2.59. The molecule has 0 bridgehead atoms. The minimum atomic E-state index is -0.270. The zero-order valence-electron chi connectivity index (χ0n) is 22.2. The van der Waals surface area contributed by atoms with Gasteiger partial charge in [-0.1, -0.05) is 45.4 Å². The van der Waals surface area contributed by atoms with E-state index in [1.807, 2.05) is 6.92 Å². The predicted octanol–water partition coefficient (Wildman–Crippen LogP) is 6.49. The largest absolute Gasteiger partial charge is 0.469 e. The third kappa shape index (κ3) is 3.84. The standard InChI is InChI=1S/C30H44O4/c1-17(19(3)28(33)34-7)8-9-18(2)22-12-13-24-21-10-11-23-20(4)25(31)14-15-29(23,5)27(21)26(32)16-30(22,24)6/h18-20,22-24H,1,8-16H2,2-7H3/t18-,19?,20+,22-,23+,24+,29+,30-/m1/s1. The highest BCUT2D eigenvalue weighted by molar-refractivity contribution is 6.00. The molecule has 0 saturated heterocycles. The van der Waals surface area contributed by atoms with E-state index < -0.39 is 0 Å². The number of esters is 1. The van der Waals surface area contributed by atoms with Gasteiger partial charge >= 0.3 is 5.97 Å². The number of carbonyl (C=O) groups excluding carboxylic acids is 3. The van der Waals surface area contributed by atoms with Gasteiger partial charge in [0.2, 0.25) is 0 Å². The summed E-state index contributed by atoms with van der Waals surface area (Å²) in [4.78, 5) is 38.2. The van der Waals surface area contributed by atoms with E-state index in [1.54, 1.807) is 0 Å². The normalized spacial score (nSPS) is 39.1. The van der Waals surface area contributed by atoms with Crippen LogP contribution in [0, 0.1) is 46.3 Å². The number of ketones is 2. The molecule has 1 unspecified atom stereocenters. The van der Waals surface area contributed by atoms with Gasteiger partial charge in [0.05, 0.1) is 13.0 Å². The number of fused-ring (bicyclic) bond motifs is 4. The molecule has 0 spiro atoms. The Morgan fingerprint density at radius 1 is 1.15 bits per heavy atom. The first-order chi connectivity index (χ1) is 16.0. The summed E-state index contributed by atoms with van der Waals surface area (Å²) in [6, 6.07) is 0. The molecule has 4 nitrogen and oxygen atoms in total. The monoisotopic (exact) mass is 468 g/mol. The first-order valence-electron chi connectivity index (χ1n) is 13.5.